The van der Waals surface area contributed by atoms with Gasteiger partial charge in [0.1, 0.15) is 11.4 Å². The summed E-state index contributed by atoms with van der Waals surface area (Å²) in [4.78, 5) is 67.5. The third-order valence-corrected chi connectivity index (χ3v) is 10.4. The molecule has 0 radical (unpaired) electrons. The number of fused-ring (bicyclic) bond motifs is 5. The molecule has 1 aromatic heterocycles. The number of esters is 1. The van der Waals surface area contributed by atoms with Gasteiger partial charge in [0.2, 0.25) is 11.7 Å². The van der Waals surface area contributed by atoms with E-state index in [0.717, 1.165) is 24.0 Å². The standard InChI is InChI=1S/C31H38N2O7/c1-29-11-7-21(34)15-20(29)3-4-22-23-8-12-31(39,30(23,2)16-24(35)28(22)29)25(36)18-40-27(38)6-5-26(37)33-17-19-9-13-32-14-10-19/h9-10,13-15,22-23,28,39H,3-8,11-12,16-18H2,1-2H3,(H,33,37)/t22-,23-,28+,29-,30-,31-/m0/s1. The van der Waals surface area contributed by atoms with Gasteiger partial charge in [-0.1, -0.05) is 19.4 Å². The molecule has 1 heterocycles. The van der Waals surface area contributed by atoms with E-state index in [-0.39, 0.29) is 66.3 Å². The van der Waals surface area contributed by atoms with Crippen LogP contribution in [-0.2, 0) is 35.3 Å². The molecular weight excluding hydrogens is 512 g/mol. The largest absolute Gasteiger partial charge is 0.458 e. The Balaban J connectivity index is 1.18. The number of rotatable bonds is 8. The quantitative estimate of drug-likeness (QED) is 0.471. The fourth-order valence-corrected chi connectivity index (χ4v) is 8.19. The SMILES string of the molecule is C[C@]12CCC(=O)C=C1CC[C@@H]1[C@@H]2C(=O)C[C@@]2(C)[C@H]1CC[C@]2(O)C(=O)COC(=O)CCC(=O)NCc1ccncc1. The summed E-state index contributed by atoms with van der Waals surface area (Å²) >= 11 is 0. The molecule has 9 heteroatoms. The molecule has 4 aliphatic carbocycles. The average molecular weight is 551 g/mol. The van der Waals surface area contributed by atoms with E-state index in [1.54, 1.807) is 30.6 Å². The van der Waals surface area contributed by atoms with Crippen molar-refractivity contribution in [2.24, 2.45) is 28.6 Å². The Bertz CT molecular complexity index is 1260. The zero-order valence-electron chi connectivity index (χ0n) is 23.2. The molecule has 0 aliphatic heterocycles. The zero-order chi connectivity index (χ0) is 28.7. The molecule has 9 nitrogen and oxygen atoms in total. The molecule has 4 aliphatic rings. The van der Waals surface area contributed by atoms with Crippen molar-refractivity contribution in [3.8, 4) is 0 Å². The first-order valence-electron chi connectivity index (χ1n) is 14.3. The van der Waals surface area contributed by atoms with Crippen molar-refractivity contribution in [1.82, 2.24) is 10.3 Å². The fraction of sp³-hybridized carbons (Fsp3) is 0.613. The average Bonchev–Trinajstić information content (AvgIpc) is 3.20. The first-order valence-corrected chi connectivity index (χ1v) is 14.3. The van der Waals surface area contributed by atoms with Crippen LogP contribution < -0.4 is 5.32 Å². The van der Waals surface area contributed by atoms with Gasteiger partial charge in [0, 0.05) is 49.5 Å². The molecule has 1 amide bonds. The maximum Gasteiger partial charge on any atom is 0.306 e. The van der Waals surface area contributed by atoms with Crippen LogP contribution in [-0.4, -0.2) is 51.5 Å². The highest BCUT2D eigenvalue weighted by atomic mass is 16.5. The highest BCUT2D eigenvalue weighted by molar-refractivity contribution is 5.95. The van der Waals surface area contributed by atoms with E-state index in [9.17, 15) is 29.1 Å². The first-order chi connectivity index (χ1) is 19.0. The van der Waals surface area contributed by atoms with Crippen molar-refractivity contribution in [2.75, 3.05) is 6.61 Å². The minimum Gasteiger partial charge on any atom is -0.458 e. The van der Waals surface area contributed by atoms with Crippen LogP contribution in [0, 0.1) is 28.6 Å². The second-order valence-electron chi connectivity index (χ2n) is 12.5. The van der Waals surface area contributed by atoms with E-state index in [2.05, 4.69) is 17.2 Å². The van der Waals surface area contributed by atoms with Gasteiger partial charge in [0.05, 0.1) is 6.42 Å². The third-order valence-electron chi connectivity index (χ3n) is 10.4. The molecule has 3 fully saturated rings. The number of hydrogen-bond acceptors (Lipinski definition) is 8. The van der Waals surface area contributed by atoms with Crippen LogP contribution in [0.5, 0.6) is 0 Å². The topological polar surface area (TPSA) is 140 Å². The van der Waals surface area contributed by atoms with E-state index in [1.165, 1.54) is 0 Å². The number of carbonyl (C=O) groups excluding carboxylic acids is 5. The molecule has 2 N–H and O–H groups in total. The van der Waals surface area contributed by atoms with E-state index in [4.69, 9.17) is 4.74 Å². The highest BCUT2D eigenvalue weighted by Crippen LogP contribution is 2.66. The molecule has 6 atom stereocenters. The van der Waals surface area contributed by atoms with E-state index >= 15 is 0 Å². The molecule has 214 valence electrons. The van der Waals surface area contributed by atoms with Crippen molar-refractivity contribution in [1.29, 1.82) is 0 Å². The summed E-state index contributed by atoms with van der Waals surface area (Å²) in [5.74, 6) is -1.61. The van der Waals surface area contributed by atoms with Gasteiger partial charge in [-0.15, -0.1) is 0 Å². The Hall–Kier alpha value is -3.20. The summed E-state index contributed by atoms with van der Waals surface area (Å²) in [5.41, 5.74) is -1.10. The Morgan fingerprint density at radius 2 is 1.82 bits per heavy atom. The van der Waals surface area contributed by atoms with Gasteiger partial charge in [0.15, 0.2) is 12.4 Å². The lowest BCUT2D eigenvalue weighted by Gasteiger charge is -2.57. The van der Waals surface area contributed by atoms with Crippen LogP contribution in [0.1, 0.15) is 77.2 Å². The van der Waals surface area contributed by atoms with Crippen molar-refractivity contribution >= 4 is 29.2 Å². The number of pyridine rings is 1. The number of nitrogens with one attached hydrogen (secondary N) is 1. The predicted molar refractivity (Wildman–Crippen MR) is 143 cm³/mol. The van der Waals surface area contributed by atoms with Crippen LogP contribution in [0.2, 0.25) is 0 Å². The molecule has 40 heavy (non-hydrogen) atoms. The summed E-state index contributed by atoms with van der Waals surface area (Å²) in [5, 5.41) is 14.5. The van der Waals surface area contributed by atoms with Gasteiger partial charge in [-0.25, -0.2) is 0 Å². The fourth-order valence-electron chi connectivity index (χ4n) is 8.19. The van der Waals surface area contributed by atoms with Gasteiger partial charge in [-0.3, -0.25) is 29.0 Å². The van der Waals surface area contributed by atoms with Crippen LogP contribution >= 0.6 is 0 Å². The molecule has 0 spiro atoms. The third kappa shape index (κ3) is 4.82. The number of ether oxygens (including phenoxy) is 1. The van der Waals surface area contributed by atoms with Crippen molar-refractivity contribution in [3.05, 3.63) is 41.7 Å². The molecule has 5 rings (SSSR count). The number of allylic oxidation sites excluding steroid dienone is 1. The molecular formula is C31H38N2O7. The number of Topliss-reactive ketones (excluding diaryl/α,β-unsaturated/α-hetero) is 2. The van der Waals surface area contributed by atoms with Crippen LogP contribution in [0.25, 0.3) is 0 Å². The summed E-state index contributed by atoms with van der Waals surface area (Å²) in [6.45, 7) is 3.67. The smallest absolute Gasteiger partial charge is 0.306 e. The summed E-state index contributed by atoms with van der Waals surface area (Å²) in [6.07, 6.45) is 8.26. The lowest BCUT2D eigenvalue weighted by atomic mass is 9.46. The highest BCUT2D eigenvalue weighted by Gasteiger charge is 2.68. The number of nitrogens with zero attached hydrogens (tertiary/aromatic N) is 1. The second-order valence-corrected chi connectivity index (χ2v) is 12.5. The molecule has 0 aromatic carbocycles. The molecule has 3 saturated carbocycles. The minimum absolute atomic E-state index is 0.0139. The Labute approximate surface area is 234 Å². The Kier molecular flexibility index (Phi) is 7.54. The lowest BCUT2D eigenvalue weighted by Crippen LogP contribution is -2.61. The van der Waals surface area contributed by atoms with E-state index in [1.807, 2.05) is 6.92 Å². The van der Waals surface area contributed by atoms with E-state index in [0.29, 0.717) is 25.8 Å². The number of amides is 1. The van der Waals surface area contributed by atoms with E-state index < -0.39 is 29.4 Å². The van der Waals surface area contributed by atoms with Crippen molar-refractivity contribution < 1.29 is 33.8 Å². The lowest BCUT2D eigenvalue weighted by molar-refractivity contribution is -0.173. The summed E-state index contributed by atoms with van der Waals surface area (Å²) in [6, 6.07) is 3.56. The summed E-state index contributed by atoms with van der Waals surface area (Å²) in [7, 11) is 0. The van der Waals surface area contributed by atoms with Crippen molar-refractivity contribution in [2.45, 2.75) is 83.8 Å². The zero-order valence-corrected chi connectivity index (χ0v) is 23.2. The van der Waals surface area contributed by atoms with Crippen LogP contribution in [0.15, 0.2) is 36.2 Å². The molecule has 0 saturated heterocycles. The molecule has 0 unspecified atom stereocenters. The first kappa shape index (κ1) is 28.3. The van der Waals surface area contributed by atoms with Gasteiger partial charge in [0.25, 0.3) is 0 Å². The molecule has 1 aromatic rings. The number of aliphatic hydroxyl groups is 1. The van der Waals surface area contributed by atoms with Crippen LogP contribution in [0.3, 0.4) is 0 Å². The summed E-state index contributed by atoms with van der Waals surface area (Å²) < 4.78 is 5.19. The van der Waals surface area contributed by atoms with Gasteiger partial charge in [-0.2, -0.15) is 0 Å². The monoisotopic (exact) mass is 550 g/mol. The normalized spacial score (nSPS) is 34.7. The second kappa shape index (κ2) is 10.7. The number of aromatic nitrogens is 1. The Morgan fingerprint density at radius 3 is 2.58 bits per heavy atom. The van der Waals surface area contributed by atoms with Gasteiger partial charge >= 0.3 is 5.97 Å². The number of ketones is 3. The van der Waals surface area contributed by atoms with Crippen molar-refractivity contribution in [3.63, 3.8) is 0 Å². The van der Waals surface area contributed by atoms with Gasteiger partial charge < -0.3 is 15.2 Å². The minimum atomic E-state index is -1.76. The predicted octanol–water partition coefficient (Wildman–Crippen LogP) is 3.03. The number of hydrogen-bond donors (Lipinski definition) is 2. The Morgan fingerprint density at radius 1 is 1.07 bits per heavy atom. The van der Waals surface area contributed by atoms with Gasteiger partial charge in [-0.05, 0) is 73.1 Å². The molecule has 0 bridgehead atoms. The number of carbonyl (C=O) groups is 5. The maximum absolute atomic E-state index is 13.7. The van der Waals surface area contributed by atoms with Crippen LogP contribution in [0.4, 0.5) is 0 Å². The maximum atomic E-state index is 13.7.